The van der Waals surface area contributed by atoms with Gasteiger partial charge in [-0.1, -0.05) is 45.4 Å². The lowest BCUT2D eigenvalue weighted by Crippen LogP contribution is -2.43. The summed E-state index contributed by atoms with van der Waals surface area (Å²) in [6.45, 7) is 8.88. The molecule has 0 bridgehead atoms. The molecule has 1 nitrogen and oxygen atoms in total. The Morgan fingerprint density at radius 3 is 2.48 bits per heavy atom. The Balaban J connectivity index is 1.68. The number of fused-ring (bicyclic) bond motifs is 1. The summed E-state index contributed by atoms with van der Waals surface area (Å²) in [7, 11) is 0. The maximum atomic E-state index is 13.4. The summed E-state index contributed by atoms with van der Waals surface area (Å²) in [5.74, 6) is -1.06. The summed E-state index contributed by atoms with van der Waals surface area (Å²) < 4.78 is 26.8. The molecule has 3 heteroatoms. The molecular formula is C22H33F2N. The Morgan fingerprint density at radius 1 is 1.12 bits per heavy atom. The molecule has 1 aliphatic heterocycles. The quantitative estimate of drug-likeness (QED) is 0.615. The zero-order chi connectivity index (χ0) is 18.0. The van der Waals surface area contributed by atoms with Gasteiger partial charge in [0.15, 0.2) is 0 Å². The third-order valence-corrected chi connectivity index (χ3v) is 6.67. The predicted octanol–water partition coefficient (Wildman–Crippen LogP) is 6.16. The maximum absolute atomic E-state index is 13.4. The molecule has 1 aliphatic carbocycles. The molecule has 2 aliphatic rings. The van der Waals surface area contributed by atoms with Gasteiger partial charge in [-0.2, -0.15) is 0 Å². The fraction of sp³-hybridized carbons (Fsp3) is 0.727. The number of hydrogen-bond donors (Lipinski definition) is 0. The highest BCUT2D eigenvalue weighted by atomic mass is 19.3. The fourth-order valence-corrected chi connectivity index (χ4v) is 4.78. The van der Waals surface area contributed by atoms with Gasteiger partial charge in [0.1, 0.15) is 0 Å². The van der Waals surface area contributed by atoms with Gasteiger partial charge in [-0.3, -0.25) is 4.90 Å². The van der Waals surface area contributed by atoms with Crippen LogP contribution in [0.1, 0.15) is 81.9 Å². The van der Waals surface area contributed by atoms with Crippen LogP contribution in [0.5, 0.6) is 0 Å². The van der Waals surface area contributed by atoms with Crippen LogP contribution < -0.4 is 0 Å². The van der Waals surface area contributed by atoms with Crippen molar-refractivity contribution in [1.29, 1.82) is 0 Å². The zero-order valence-corrected chi connectivity index (χ0v) is 16.0. The van der Waals surface area contributed by atoms with Crippen molar-refractivity contribution < 1.29 is 8.78 Å². The standard InChI is InChI=1S/C22H33F2N/c1-4-16(3)21(5-2)18-6-7-19-15-25(13-10-17(19)14-18)20-8-11-22(23,24)12-9-20/h6-7,14,16,20-21H,4-5,8-13,15H2,1-3H3. The van der Waals surface area contributed by atoms with E-state index >= 15 is 0 Å². The number of alkyl halides is 2. The molecule has 0 N–H and O–H groups in total. The first kappa shape index (κ1) is 18.8. The van der Waals surface area contributed by atoms with Crippen LogP contribution in [0.3, 0.4) is 0 Å². The minimum Gasteiger partial charge on any atom is -0.296 e. The highest BCUT2D eigenvalue weighted by Crippen LogP contribution is 2.37. The van der Waals surface area contributed by atoms with Crippen molar-refractivity contribution in [2.45, 2.75) is 90.1 Å². The van der Waals surface area contributed by atoms with E-state index in [1.165, 1.54) is 29.5 Å². The molecule has 3 rings (SSSR count). The minimum absolute atomic E-state index is 0.0625. The lowest BCUT2D eigenvalue weighted by atomic mass is 9.81. The van der Waals surface area contributed by atoms with E-state index in [4.69, 9.17) is 0 Å². The zero-order valence-electron chi connectivity index (χ0n) is 16.0. The van der Waals surface area contributed by atoms with Crippen molar-refractivity contribution in [3.05, 3.63) is 34.9 Å². The Morgan fingerprint density at radius 2 is 1.84 bits per heavy atom. The Hall–Kier alpha value is -0.960. The fourth-order valence-electron chi connectivity index (χ4n) is 4.78. The smallest absolute Gasteiger partial charge is 0.248 e. The van der Waals surface area contributed by atoms with Crippen LogP contribution in [0.2, 0.25) is 0 Å². The van der Waals surface area contributed by atoms with E-state index in [0.29, 0.717) is 30.7 Å². The highest BCUT2D eigenvalue weighted by molar-refractivity contribution is 5.36. The normalized spacial score (nSPS) is 23.9. The lowest BCUT2D eigenvalue weighted by molar-refractivity contribution is -0.0552. The summed E-state index contributed by atoms with van der Waals surface area (Å²) in [5, 5.41) is 0. The van der Waals surface area contributed by atoms with E-state index in [0.717, 1.165) is 19.5 Å². The minimum atomic E-state index is -2.43. The highest BCUT2D eigenvalue weighted by Gasteiger charge is 2.37. The number of halogens is 2. The Kier molecular flexibility index (Phi) is 5.82. The first-order valence-electron chi connectivity index (χ1n) is 10.2. The molecule has 2 unspecified atom stereocenters. The first-order valence-corrected chi connectivity index (χ1v) is 10.2. The molecule has 2 atom stereocenters. The van der Waals surface area contributed by atoms with Crippen molar-refractivity contribution in [2.75, 3.05) is 6.54 Å². The van der Waals surface area contributed by atoms with Crippen LogP contribution in [-0.4, -0.2) is 23.4 Å². The molecule has 0 aromatic heterocycles. The second-order valence-electron chi connectivity index (χ2n) is 8.24. The molecule has 1 aromatic carbocycles. The average Bonchev–Trinajstić information content (AvgIpc) is 2.61. The molecule has 1 heterocycles. The lowest BCUT2D eigenvalue weighted by Gasteiger charge is -2.39. The molecule has 1 fully saturated rings. The van der Waals surface area contributed by atoms with Crippen molar-refractivity contribution >= 4 is 0 Å². The third kappa shape index (κ3) is 4.24. The maximum Gasteiger partial charge on any atom is 0.248 e. The van der Waals surface area contributed by atoms with Crippen molar-refractivity contribution in [3.8, 4) is 0 Å². The van der Waals surface area contributed by atoms with Gasteiger partial charge in [0, 0.05) is 32.0 Å². The van der Waals surface area contributed by atoms with Crippen LogP contribution in [0, 0.1) is 5.92 Å². The summed E-state index contributed by atoms with van der Waals surface area (Å²) in [5.41, 5.74) is 4.38. The van der Waals surface area contributed by atoms with E-state index in [2.05, 4.69) is 43.9 Å². The van der Waals surface area contributed by atoms with E-state index in [9.17, 15) is 8.78 Å². The van der Waals surface area contributed by atoms with Gasteiger partial charge < -0.3 is 0 Å². The van der Waals surface area contributed by atoms with E-state index in [1.54, 1.807) is 0 Å². The van der Waals surface area contributed by atoms with Crippen LogP contribution in [-0.2, 0) is 13.0 Å². The van der Waals surface area contributed by atoms with Crippen LogP contribution in [0.15, 0.2) is 18.2 Å². The number of nitrogens with zero attached hydrogens (tertiary/aromatic N) is 1. The SMILES string of the molecule is CCC(C)C(CC)c1ccc2c(c1)CCN(C1CCC(F)(F)CC1)C2. The Labute approximate surface area is 151 Å². The number of rotatable bonds is 5. The molecule has 0 saturated heterocycles. The number of benzene rings is 1. The Bertz CT molecular complexity index is 573. The molecule has 0 amide bonds. The second kappa shape index (κ2) is 7.73. The van der Waals surface area contributed by atoms with Crippen LogP contribution in [0.25, 0.3) is 0 Å². The van der Waals surface area contributed by atoms with Gasteiger partial charge in [-0.25, -0.2) is 8.78 Å². The van der Waals surface area contributed by atoms with Crippen molar-refractivity contribution in [2.24, 2.45) is 5.92 Å². The van der Waals surface area contributed by atoms with E-state index in [1.807, 2.05) is 0 Å². The first-order chi connectivity index (χ1) is 11.9. The second-order valence-corrected chi connectivity index (χ2v) is 8.24. The molecular weight excluding hydrogens is 316 g/mol. The van der Waals surface area contributed by atoms with Gasteiger partial charge in [0.2, 0.25) is 5.92 Å². The van der Waals surface area contributed by atoms with Crippen LogP contribution in [0.4, 0.5) is 8.78 Å². The molecule has 0 radical (unpaired) electrons. The number of hydrogen-bond acceptors (Lipinski definition) is 1. The van der Waals surface area contributed by atoms with Gasteiger partial charge in [-0.05, 0) is 54.2 Å². The van der Waals surface area contributed by atoms with Crippen LogP contribution >= 0.6 is 0 Å². The molecule has 140 valence electrons. The van der Waals surface area contributed by atoms with Gasteiger partial charge in [0.25, 0.3) is 0 Å². The predicted molar refractivity (Wildman–Crippen MR) is 100 cm³/mol. The summed E-state index contributed by atoms with van der Waals surface area (Å²) in [6.07, 6.45) is 4.89. The molecule has 1 aromatic rings. The summed E-state index contributed by atoms with van der Waals surface area (Å²) in [4.78, 5) is 2.45. The third-order valence-electron chi connectivity index (χ3n) is 6.67. The monoisotopic (exact) mass is 349 g/mol. The topological polar surface area (TPSA) is 3.24 Å². The van der Waals surface area contributed by atoms with Gasteiger partial charge in [-0.15, -0.1) is 0 Å². The largest absolute Gasteiger partial charge is 0.296 e. The molecule has 1 saturated carbocycles. The molecule has 0 spiro atoms. The van der Waals surface area contributed by atoms with Gasteiger partial charge >= 0.3 is 0 Å². The van der Waals surface area contributed by atoms with E-state index < -0.39 is 5.92 Å². The van der Waals surface area contributed by atoms with Crippen molar-refractivity contribution in [1.82, 2.24) is 4.90 Å². The summed E-state index contributed by atoms with van der Waals surface area (Å²) in [6, 6.07) is 7.40. The summed E-state index contributed by atoms with van der Waals surface area (Å²) >= 11 is 0. The van der Waals surface area contributed by atoms with Crippen molar-refractivity contribution in [3.63, 3.8) is 0 Å². The average molecular weight is 350 g/mol. The molecule has 25 heavy (non-hydrogen) atoms. The van der Waals surface area contributed by atoms with E-state index in [-0.39, 0.29) is 12.8 Å². The van der Waals surface area contributed by atoms with Gasteiger partial charge in [0.05, 0.1) is 0 Å².